The lowest BCUT2D eigenvalue weighted by atomic mass is 10.3. The molecule has 0 N–H and O–H groups in total. The van der Waals surface area contributed by atoms with Crippen LogP contribution in [-0.2, 0) is 0 Å². The summed E-state index contributed by atoms with van der Waals surface area (Å²) in [7, 11) is 6.37. The first-order chi connectivity index (χ1) is 4.74. The second-order valence-corrected chi connectivity index (χ2v) is 2.88. The molecule has 0 aliphatic rings. The number of rotatable bonds is 1. The fourth-order valence-corrected chi connectivity index (χ4v) is 1.12. The molecular formula is C6H5ClFNS. The number of halogens is 2. The van der Waals surface area contributed by atoms with Crippen molar-refractivity contribution in [2.24, 2.45) is 0 Å². The minimum atomic E-state index is -0.297. The number of hydrogen-bond donors (Lipinski definition) is 0. The molecule has 1 aromatic rings. The van der Waals surface area contributed by atoms with Crippen LogP contribution in [-0.4, -0.2) is 4.98 Å². The standard InChI is InChI=1S/C6H5ClFNS/c1-4-2-6(10-7)9-3-5(4)8/h2-3H,1H3. The van der Waals surface area contributed by atoms with Gasteiger partial charge < -0.3 is 0 Å². The quantitative estimate of drug-likeness (QED) is 0.654. The average molecular weight is 178 g/mol. The van der Waals surface area contributed by atoms with Gasteiger partial charge in [-0.2, -0.15) is 0 Å². The molecule has 0 atom stereocenters. The van der Waals surface area contributed by atoms with Gasteiger partial charge in [0.25, 0.3) is 0 Å². The highest BCUT2D eigenvalue weighted by Crippen LogP contribution is 2.20. The van der Waals surface area contributed by atoms with Crippen LogP contribution in [0.3, 0.4) is 0 Å². The summed E-state index contributed by atoms with van der Waals surface area (Å²) in [6, 6.07) is 1.60. The zero-order valence-corrected chi connectivity index (χ0v) is 6.84. The molecule has 1 nitrogen and oxygen atoms in total. The van der Waals surface area contributed by atoms with Crippen molar-refractivity contribution in [3.63, 3.8) is 0 Å². The van der Waals surface area contributed by atoms with Gasteiger partial charge in [0.15, 0.2) is 0 Å². The highest BCUT2D eigenvalue weighted by atomic mass is 35.7. The lowest BCUT2D eigenvalue weighted by Gasteiger charge is -1.95. The third-order valence-electron chi connectivity index (χ3n) is 1.10. The molecule has 10 heavy (non-hydrogen) atoms. The molecule has 4 heteroatoms. The number of nitrogens with zero attached hydrogens (tertiary/aromatic N) is 1. The maximum Gasteiger partial charge on any atom is 0.144 e. The number of hydrogen-bond acceptors (Lipinski definition) is 2. The topological polar surface area (TPSA) is 12.9 Å². The van der Waals surface area contributed by atoms with Gasteiger partial charge in [-0.05, 0) is 29.2 Å². The van der Waals surface area contributed by atoms with Crippen LogP contribution in [0.15, 0.2) is 17.3 Å². The Labute approximate surface area is 67.1 Å². The van der Waals surface area contributed by atoms with Crippen molar-refractivity contribution in [2.45, 2.75) is 11.9 Å². The molecule has 0 aliphatic heterocycles. The van der Waals surface area contributed by atoms with Gasteiger partial charge in [-0.25, -0.2) is 9.37 Å². The van der Waals surface area contributed by atoms with Crippen molar-refractivity contribution < 1.29 is 4.39 Å². The van der Waals surface area contributed by atoms with Crippen molar-refractivity contribution in [1.82, 2.24) is 4.98 Å². The van der Waals surface area contributed by atoms with Crippen molar-refractivity contribution in [2.75, 3.05) is 0 Å². The Bertz CT molecular complexity index is 241. The van der Waals surface area contributed by atoms with E-state index in [0.717, 1.165) is 11.0 Å². The van der Waals surface area contributed by atoms with Gasteiger partial charge in [-0.1, -0.05) is 0 Å². The molecule has 0 unspecified atom stereocenters. The van der Waals surface area contributed by atoms with Crippen LogP contribution in [0.5, 0.6) is 0 Å². The van der Waals surface area contributed by atoms with E-state index in [1.807, 2.05) is 0 Å². The highest BCUT2D eigenvalue weighted by Gasteiger charge is 1.98. The first-order valence-corrected chi connectivity index (χ1v) is 4.29. The van der Waals surface area contributed by atoms with E-state index < -0.39 is 0 Å². The van der Waals surface area contributed by atoms with Crippen LogP contribution in [0.2, 0.25) is 0 Å². The Morgan fingerprint density at radius 3 is 2.90 bits per heavy atom. The van der Waals surface area contributed by atoms with Gasteiger partial charge in [0, 0.05) is 11.0 Å². The van der Waals surface area contributed by atoms with Crippen LogP contribution in [0.1, 0.15) is 5.56 Å². The van der Waals surface area contributed by atoms with E-state index in [-0.39, 0.29) is 5.82 Å². The summed E-state index contributed by atoms with van der Waals surface area (Å²) in [5, 5.41) is 0.626. The molecule has 1 rings (SSSR count). The molecule has 0 spiro atoms. The maximum absolute atomic E-state index is 12.5. The van der Waals surface area contributed by atoms with Crippen LogP contribution < -0.4 is 0 Å². The minimum absolute atomic E-state index is 0.297. The fourth-order valence-electron chi connectivity index (χ4n) is 0.556. The molecule has 0 fully saturated rings. The normalized spacial score (nSPS) is 9.90. The molecule has 0 aliphatic carbocycles. The molecular weight excluding hydrogens is 173 g/mol. The number of aromatic nitrogens is 1. The molecule has 1 heterocycles. The average Bonchev–Trinajstić information content (AvgIpc) is 1.95. The smallest absolute Gasteiger partial charge is 0.144 e. The van der Waals surface area contributed by atoms with Gasteiger partial charge in [0.2, 0.25) is 0 Å². The summed E-state index contributed by atoms with van der Waals surface area (Å²) in [4.78, 5) is 3.71. The van der Waals surface area contributed by atoms with E-state index in [9.17, 15) is 4.39 Å². The Balaban J connectivity index is 3.04. The first-order valence-electron chi connectivity index (χ1n) is 2.65. The third-order valence-corrected chi connectivity index (χ3v) is 1.96. The van der Waals surface area contributed by atoms with E-state index in [2.05, 4.69) is 4.98 Å². The Morgan fingerprint density at radius 2 is 2.40 bits per heavy atom. The third kappa shape index (κ3) is 1.61. The van der Waals surface area contributed by atoms with E-state index >= 15 is 0 Å². The summed E-state index contributed by atoms with van der Waals surface area (Å²) >= 11 is 0. The highest BCUT2D eigenvalue weighted by molar-refractivity contribution is 8.21. The predicted molar refractivity (Wildman–Crippen MR) is 40.6 cm³/mol. The molecule has 0 saturated heterocycles. The maximum atomic E-state index is 12.5. The predicted octanol–water partition coefficient (Wildman–Crippen LogP) is 2.78. The van der Waals surface area contributed by atoms with Crippen LogP contribution in [0, 0.1) is 12.7 Å². The molecule has 0 radical (unpaired) electrons. The summed E-state index contributed by atoms with van der Waals surface area (Å²) in [6.07, 6.45) is 1.17. The van der Waals surface area contributed by atoms with Crippen molar-refractivity contribution in [3.8, 4) is 0 Å². The Morgan fingerprint density at radius 1 is 1.70 bits per heavy atom. The van der Waals surface area contributed by atoms with Gasteiger partial charge in [0.05, 0.1) is 6.20 Å². The zero-order chi connectivity index (χ0) is 7.56. The van der Waals surface area contributed by atoms with E-state index in [1.54, 1.807) is 13.0 Å². The van der Waals surface area contributed by atoms with Crippen molar-refractivity contribution in [1.29, 1.82) is 0 Å². The SMILES string of the molecule is Cc1cc(SCl)ncc1F. The first kappa shape index (κ1) is 7.82. The largest absolute Gasteiger partial charge is 0.246 e. The Hall–Kier alpha value is -0.280. The molecule has 1 aromatic heterocycles. The lowest BCUT2D eigenvalue weighted by Crippen LogP contribution is -1.84. The van der Waals surface area contributed by atoms with Crippen molar-refractivity contribution in [3.05, 3.63) is 23.6 Å². The van der Waals surface area contributed by atoms with Gasteiger partial charge in [0.1, 0.15) is 10.8 Å². The summed E-state index contributed by atoms with van der Waals surface area (Å²) in [5.41, 5.74) is 0.568. The zero-order valence-electron chi connectivity index (χ0n) is 5.27. The van der Waals surface area contributed by atoms with Gasteiger partial charge in [-0.15, -0.1) is 0 Å². The molecule has 0 bridgehead atoms. The fraction of sp³-hybridized carbons (Fsp3) is 0.167. The van der Waals surface area contributed by atoms with Gasteiger partial charge in [-0.3, -0.25) is 0 Å². The summed E-state index contributed by atoms with van der Waals surface area (Å²) in [5.74, 6) is -0.297. The lowest BCUT2D eigenvalue weighted by molar-refractivity contribution is 0.608. The van der Waals surface area contributed by atoms with E-state index in [4.69, 9.17) is 10.7 Å². The van der Waals surface area contributed by atoms with Crippen LogP contribution in [0.25, 0.3) is 0 Å². The van der Waals surface area contributed by atoms with E-state index in [0.29, 0.717) is 10.6 Å². The molecule has 54 valence electrons. The molecule has 0 saturated carbocycles. The van der Waals surface area contributed by atoms with Crippen molar-refractivity contribution >= 4 is 21.7 Å². The summed E-state index contributed by atoms with van der Waals surface area (Å²) < 4.78 is 12.5. The monoisotopic (exact) mass is 177 g/mol. The van der Waals surface area contributed by atoms with E-state index in [1.165, 1.54) is 6.20 Å². The van der Waals surface area contributed by atoms with Crippen LogP contribution >= 0.6 is 21.7 Å². The van der Waals surface area contributed by atoms with Crippen LogP contribution in [0.4, 0.5) is 4.39 Å². The van der Waals surface area contributed by atoms with Gasteiger partial charge >= 0.3 is 0 Å². The number of aryl methyl sites for hydroxylation is 1. The second kappa shape index (κ2) is 3.21. The molecule has 0 amide bonds. The summed E-state index contributed by atoms with van der Waals surface area (Å²) in [6.45, 7) is 1.67. The Kier molecular flexibility index (Phi) is 2.51. The molecule has 0 aromatic carbocycles. The second-order valence-electron chi connectivity index (χ2n) is 1.85. The minimum Gasteiger partial charge on any atom is -0.246 e. The number of pyridine rings is 1.